The molecule has 0 spiro atoms. The fraction of sp³-hybridized carbons (Fsp3) is 0.333. The molecule has 0 aliphatic carbocycles. The van der Waals surface area contributed by atoms with Gasteiger partial charge in [0.25, 0.3) is 5.91 Å². The first kappa shape index (κ1) is 25.8. The van der Waals surface area contributed by atoms with Crippen molar-refractivity contribution in [2.75, 3.05) is 32.1 Å². The topological polar surface area (TPSA) is 83.6 Å². The molecular formula is C27H30N4O3S2. The number of carbonyl (C=O) groups excluding carboxylic acids is 2. The van der Waals surface area contributed by atoms with E-state index in [0.29, 0.717) is 23.3 Å². The maximum absolute atomic E-state index is 13.1. The Morgan fingerprint density at radius 2 is 1.92 bits per heavy atom. The lowest BCUT2D eigenvalue weighted by molar-refractivity contribution is -0.140. The normalized spacial score (nSPS) is 13.8. The number of methoxy groups -OCH3 is 1. The van der Waals surface area contributed by atoms with E-state index in [2.05, 4.69) is 31.3 Å². The minimum absolute atomic E-state index is 0.202. The van der Waals surface area contributed by atoms with Crippen molar-refractivity contribution in [1.82, 2.24) is 15.2 Å². The van der Waals surface area contributed by atoms with Gasteiger partial charge < -0.3 is 20.3 Å². The van der Waals surface area contributed by atoms with Crippen molar-refractivity contribution < 1.29 is 14.3 Å². The molecule has 1 fully saturated rings. The Labute approximate surface area is 220 Å². The van der Waals surface area contributed by atoms with E-state index in [1.807, 2.05) is 54.8 Å². The molecular weight excluding hydrogens is 492 g/mol. The van der Waals surface area contributed by atoms with Gasteiger partial charge in [-0.2, -0.15) is 0 Å². The molecule has 7 nitrogen and oxygen atoms in total. The Hall–Kier alpha value is -3.30. The zero-order valence-corrected chi connectivity index (χ0v) is 22.1. The molecule has 2 heterocycles. The summed E-state index contributed by atoms with van der Waals surface area (Å²) in [5.74, 6) is -0.164. The first-order valence-electron chi connectivity index (χ1n) is 12.0. The summed E-state index contributed by atoms with van der Waals surface area (Å²) in [6.45, 7) is 4.11. The molecule has 3 aromatic rings. The van der Waals surface area contributed by atoms with Crippen molar-refractivity contribution in [3.63, 3.8) is 0 Å². The molecule has 0 radical (unpaired) electrons. The van der Waals surface area contributed by atoms with Crippen LogP contribution in [0.2, 0.25) is 0 Å². The van der Waals surface area contributed by atoms with Crippen LogP contribution in [0.15, 0.2) is 53.9 Å². The van der Waals surface area contributed by atoms with Gasteiger partial charge in [-0.1, -0.05) is 42.0 Å². The Morgan fingerprint density at radius 3 is 2.64 bits per heavy atom. The van der Waals surface area contributed by atoms with Gasteiger partial charge in [-0.05, 0) is 49.7 Å². The van der Waals surface area contributed by atoms with E-state index in [0.717, 1.165) is 53.3 Å². The lowest BCUT2D eigenvalue weighted by atomic mass is 9.98. The predicted molar refractivity (Wildman–Crippen MR) is 147 cm³/mol. The summed E-state index contributed by atoms with van der Waals surface area (Å²) in [6.07, 6.45) is 2.10. The van der Waals surface area contributed by atoms with E-state index in [-0.39, 0.29) is 18.3 Å². The highest BCUT2D eigenvalue weighted by Crippen LogP contribution is 2.32. The first-order chi connectivity index (χ1) is 17.4. The Kier molecular flexibility index (Phi) is 8.66. The van der Waals surface area contributed by atoms with Crippen LogP contribution in [0.4, 0.5) is 5.69 Å². The number of nitrogens with zero attached hydrogens (tertiary/aromatic N) is 2. The van der Waals surface area contributed by atoms with Crippen molar-refractivity contribution in [3.05, 3.63) is 70.2 Å². The third-order valence-corrected chi connectivity index (χ3v) is 7.64. The van der Waals surface area contributed by atoms with Crippen LogP contribution in [0.3, 0.4) is 0 Å². The molecule has 36 heavy (non-hydrogen) atoms. The van der Waals surface area contributed by atoms with Gasteiger partial charge in [0.1, 0.15) is 5.69 Å². The molecule has 0 unspecified atom stereocenters. The number of rotatable bonds is 7. The highest BCUT2D eigenvalue weighted by molar-refractivity contribution is 7.80. The number of benzene rings is 2. The maximum atomic E-state index is 13.1. The van der Waals surface area contributed by atoms with Gasteiger partial charge in [0, 0.05) is 42.2 Å². The number of anilines is 1. The maximum Gasteiger partial charge on any atom is 0.307 e. The van der Waals surface area contributed by atoms with Gasteiger partial charge in [-0.3, -0.25) is 9.59 Å². The molecule has 2 N–H and O–H groups in total. The number of ether oxygens (including phenoxy) is 1. The van der Waals surface area contributed by atoms with E-state index >= 15 is 0 Å². The largest absolute Gasteiger partial charge is 0.469 e. The molecule has 9 heteroatoms. The zero-order chi connectivity index (χ0) is 25.5. The minimum Gasteiger partial charge on any atom is -0.469 e. The molecule has 0 saturated carbocycles. The van der Waals surface area contributed by atoms with Crippen LogP contribution in [0, 0.1) is 6.92 Å². The predicted octanol–water partition coefficient (Wildman–Crippen LogP) is 4.99. The van der Waals surface area contributed by atoms with Crippen molar-refractivity contribution >= 4 is 46.2 Å². The van der Waals surface area contributed by atoms with Crippen molar-refractivity contribution in [2.24, 2.45) is 0 Å². The first-order valence-corrected chi connectivity index (χ1v) is 13.3. The van der Waals surface area contributed by atoms with Gasteiger partial charge >= 0.3 is 5.97 Å². The lowest BCUT2D eigenvalue weighted by Gasteiger charge is -2.33. The molecule has 2 aromatic carbocycles. The van der Waals surface area contributed by atoms with E-state index in [9.17, 15) is 9.59 Å². The second kappa shape index (κ2) is 12.1. The minimum atomic E-state index is -0.258. The Bertz CT molecular complexity index is 1220. The standard InChI is InChI=1S/C27H30N4O3S2/c1-18-8-9-22(21(16-18)19-6-4-3-5-7-19)29-25(33)23-17-36-26(30-23)20-11-14-31(15-12-20)27(35)28-13-10-24(32)34-2/h3-9,16-17,20H,10-15H2,1-2H3,(H,28,35)(H,29,33). The fourth-order valence-electron chi connectivity index (χ4n) is 4.20. The number of hydrogen-bond acceptors (Lipinski definition) is 6. The summed E-state index contributed by atoms with van der Waals surface area (Å²) >= 11 is 7.01. The van der Waals surface area contributed by atoms with Crippen LogP contribution < -0.4 is 10.6 Å². The number of thiazole rings is 1. The molecule has 1 saturated heterocycles. The molecule has 1 aliphatic rings. The van der Waals surface area contributed by atoms with Crippen LogP contribution in [0.25, 0.3) is 11.1 Å². The summed E-state index contributed by atoms with van der Waals surface area (Å²) in [5, 5.41) is 9.66. The van der Waals surface area contributed by atoms with Gasteiger partial charge in [0.05, 0.1) is 18.5 Å². The highest BCUT2D eigenvalue weighted by Gasteiger charge is 2.25. The van der Waals surface area contributed by atoms with Crippen LogP contribution in [-0.2, 0) is 9.53 Å². The number of hydrogen-bond donors (Lipinski definition) is 2. The molecule has 4 rings (SSSR count). The number of aryl methyl sites for hydroxylation is 1. The van der Waals surface area contributed by atoms with Crippen LogP contribution in [-0.4, -0.2) is 53.6 Å². The van der Waals surface area contributed by atoms with Crippen LogP contribution in [0.1, 0.15) is 46.2 Å². The number of carbonyl (C=O) groups is 2. The number of esters is 1. The van der Waals surface area contributed by atoms with E-state index in [1.54, 1.807) is 0 Å². The van der Waals surface area contributed by atoms with Crippen molar-refractivity contribution in [1.29, 1.82) is 0 Å². The average molecular weight is 523 g/mol. The third kappa shape index (κ3) is 6.47. The second-order valence-electron chi connectivity index (χ2n) is 8.76. The smallest absolute Gasteiger partial charge is 0.307 e. The lowest BCUT2D eigenvalue weighted by Crippen LogP contribution is -2.44. The van der Waals surface area contributed by atoms with E-state index in [4.69, 9.17) is 12.2 Å². The number of aromatic nitrogens is 1. The summed E-state index contributed by atoms with van der Waals surface area (Å²) in [5.41, 5.74) is 4.39. The van der Waals surface area contributed by atoms with Crippen molar-refractivity contribution in [2.45, 2.75) is 32.1 Å². The summed E-state index contributed by atoms with van der Waals surface area (Å²) in [4.78, 5) is 31.1. The molecule has 0 atom stereocenters. The van der Waals surface area contributed by atoms with E-state index in [1.165, 1.54) is 18.4 Å². The van der Waals surface area contributed by atoms with Gasteiger partial charge in [0.2, 0.25) is 0 Å². The second-order valence-corrected chi connectivity index (χ2v) is 10.0. The highest BCUT2D eigenvalue weighted by atomic mass is 32.1. The van der Waals surface area contributed by atoms with Crippen LogP contribution >= 0.6 is 23.6 Å². The molecule has 1 aromatic heterocycles. The van der Waals surface area contributed by atoms with Gasteiger partial charge in [0.15, 0.2) is 5.11 Å². The summed E-state index contributed by atoms with van der Waals surface area (Å²) in [7, 11) is 1.38. The Morgan fingerprint density at radius 1 is 1.17 bits per heavy atom. The number of nitrogens with one attached hydrogen (secondary N) is 2. The van der Waals surface area contributed by atoms with E-state index < -0.39 is 0 Å². The quantitative estimate of drug-likeness (QED) is 0.334. The third-order valence-electron chi connectivity index (χ3n) is 6.23. The number of piperidine rings is 1. The zero-order valence-electron chi connectivity index (χ0n) is 20.5. The fourth-order valence-corrected chi connectivity index (χ4v) is 5.46. The Balaban J connectivity index is 1.34. The number of amides is 1. The number of likely N-dealkylation sites (tertiary alicyclic amines) is 1. The SMILES string of the molecule is COC(=O)CCNC(=S)N1CCC(c2nc(C(=O)Nc3ccc(C)cc3-c3ccccc3)cs2)CC1. The van der Waals surface area contributed by atoms with Crippen LogP contribution in [0.5, 0.6) is 0 Å². The summed E-state index contributed by atoms with van der Waals surface area (Å²) in [6, 6.07) is 16.1. The monoisotopic (exact) mass is 522 g/mol. The molecule has 1 aliphatic heterocycles. The molecule has 0 bridgehead atoms. The molecule has 188 valence electrons. The van der Waals surface area contributed by atoms with Crippen molar-refractivity contribution in [3.8, 4) is 11.1 Å². The molecule has 1 amide bonds. The van der Waals surface area contributed by atoms with Gasteiger partial charge in [-0.25, -0.2) is 4.98 Å². The average Bonchev–Trinajstić information content (AvgIpc) is 3.41. The summed E-state index contributed by atoms with van der Waals surface area (Å²) < 4.78 is 4.65. The number of thiocarbonyl (C=S) groups is 1. The van der Waals surface area contributed by atoms with Gasteiger partial charge in [-0.15, -0.1) is 11.3 Å².